The van der Waals surface area contributed by atoms with E-state index in [9.17, 15) is 0 Å². The number of anilines is 1. The van der Waals surface area contributed by atoms with Crippen LogP contribution in [0.25, 0.3) is 0 Å². The third-order valence-electron chi connectivity index (χ3n) is 3.29. The van der Waals surface area contributed by atoms with Crippen LogP contribution in [0.3, 0.4) is 0 Å². The molecule has 0 saturated heterocycles. The molecule has 120 valence electrons. The zero-order chi connectivity index (χ0) is 16.5. The molecule has 0 bridgehead atoms. The molecule has 2 aromatic carbocycles. The van der Waals surface area contributed by atoms with Gasteiger partial charge in [-0.3, -0.25) is 0 Å². The Labute approximate surface area is 143 Å². The van der Waals surface area contributed by atoms with Crippen LogP contribution in [0.15, 0.2) is 82.7 Å². The third kappa shape index (κ3) is 5.87. The van der Waals surface area contributed by atoms with Gasteiger partial charge in [0.25, 0.3) is 0 Å². The molecule has 3 heteroatoms. The third-order valence-corrected chi connectivity index (χ3v) is 4.24. The van der Waals surface area contributed by atoms with Crippen LogP contribution in [0.5, 0.6) is 0 Å². The number of thioether (sulfide) groups is 1. The first-order chi connectivity index (χ1) is 11.2. The summed E-state index contributed by atoms with van der Waals surface area (Å²) in [6.45, 7) is 10.1. The van der Waals surface area contributed by atoms with Crippen molar-refractivity contribution in [2.24, 2.45) is 0 Å². The molecule has 0 heterocycles. The fourth-order valence-electron chi connectivity index (χ4n) is 2.19. The first-order valence-electron chi connectivity index (χ1n) is 7.84. The molecule has 0 aliphatic carbocycles. The number of nitrogens with one attached hydrogen (secondary N) is 2. The fraction of sp³-hybridized carbons (Fsp3) is 0.200. The Morgan fingerprint density at radius 1 is 1.09 bits per heavy atom. The summed E-state index contributed by atoms with van der Waals surface area (Å²) in [7, 11) is 0. The van der Waals surface area contributed by atoms with Crippen molar-refractivity contribution in [2.75, 3.05) is 11.9 Å². The predicted molar refractivity (Wildman–Crippen MR) is 103 cm³/mol. The maximum Gasteiger partial charge on any atom is 0.0481 e. The number of hydrogen-bond acceptors (Lipinski definition) is 3. The molecule has 2 nitrogen and oxygen atoms in total. The molecular formula is C20H24N2S. The van der Waals surface area contributed by atoms with E-state index in [0.29, 0.717) is 0 Å². The molecule has 0 fully saturated rings. The molecule has 0 saturated carbocycles. The van der Waals surface area contributed by atoms with E-state index in [1.54, 1.807) is 11.8 Å². The monoisotopic (exact) mass is 324 g/mol. The molecule has 0 aliphatic heterocycles. The van der Waals surface area contributed by atoms with Gasteiger partial charge in [0, 0.05) is 34.3 Å². The molecule has 2 rings (SSSR count). The molecular weight excluding hydrogens is 300 g/mol. The summed E-state index contributed by atoms with van der Waals surface area (Å²) in [6, 6.07) is 18.7. The molecule has 0 atom stereocenters. The SMILES string of the molecule is C=C(C=C(C)NCc1ccccc1)Sc1ccccc1NCC. The normalized spacial score (nSPS) is 11.1. The molecule has 0 spiro atoms. The Balaban J connectivity index is 1.92. The highest BCUT2D eigenvalue weighted by Gasteiger charge is 2.03. The van der Waals surface area contributed by atoms with Gasteiger partial charge in [0.1, 0.15) is 0 Å². The summed E-state index contributed by atoms with van der Waals surface area (Å²) < 4.78 is 0. The molecule has 0 unspecified atom stereocenters. The Kier molecular flexibility index (Phi) is 6.82. The standard InChI is InChI=1S/C20H24N2S/c1-4-21-19-12-8-9-13-20(19)23-17(3)14-16(2)22-15-18-10-6-5-7-11-18/h5-14,21-22H,3-4,15H2,1-2H3. The van der Waals surface area contributed by atoms with E-state index in [-0.39, 0.29) is 0 Å². The van der Waals surface area contributed by atoms with Gasteiger partial charge in [-0.15, -0.1) is 0 Å². The summed E-state index contributed by atoms with van der Waals surface area (Å²) in [5, 5.41) is 6.81. The summed E-state index contributed by atoms with van der Waals surface area (Å²) >= 11 is 1.69. The van der Waals surface area contributed by atoms with Gasteiger partial charge in [-0.2, -0.15) is 0 Å². The first kappa shape index (κ1) is 17.2. The van der Waals surface area contributed by atoms with Gasteiger partial charge in [-0.05, 0) is 37.6 Å². The van der Waals surface area contributed by atoms with E-state index in [4.69, 9.17) is 0 Å². The molecule has 0 aliphatic rings. The van der Waals surface area contributed by atoms with Crippen LogP contribution in [0.2, 0.25) is 0 Å². The second-order valence-electron chi connectivity index (χ2n) is 5.26. The average molecular weight is 324 g/mol. The minimum absolute atomic E-state index is 0.828. The van der Waals surface area contributed by atoms with E-state index in [1.165, 1.54) is 10.5 Å². The van der Waals surface area contributed by atoms with E-state index < -0.39 is 0 Å². The highest BCUT2D eigenvalue weighted by Crippen LogP contribution is 2.32. The molecule has 23 heavy (non-hydrogen) atoms. The zero-order valence-corrected chi connectivity index (χ0v) is 14.6. The lowest BCUT2D eigenvalue weighted by Gasteiger charge is -2.11. The Hall–Kier alpha value is -2.13. The molecule has 2 N–H and O–H groups in total. The number of hydrogen-bond donors (Lipinski definition) is 2. The summed E-state index contributed by atoms with van der Waals surface area (Å²) in [5.74, 6) is 0. The van der Waals surface area contributed by atoms with Crippen LogP contribution in [0.4, 0.5) is 5.69 Å². The number of para-hydroxylation sites is 1. The minimum atomic E-state index is 0.828. The molecule has 0 radical (unpaired) electrons. The maximum atomic E-state index is 4.16. The van der Waals surface area contributed by atoms with Crippen LogP contribution >= 0.6 is 11.8 Å². The summed E-state index contributed by atoms with van der Waals surface area (Å²) in [6.07, 6.45) is 2.09. The Morgan fingerprint density at radius 3 is 2.52 bits per heavy atom. The number of allylic oxidation sites excluding steroid dienone is 2. The zero-order valence-electron chi connectivity index (χ0n) is 13.8. The molecule has 2 aromatic rings. The van der Waals surface area contributed by atoms with Gasteiger partial charge >= 0.3 is 0 Å². The molecule has 0 aromatic heterocycles. The Morgan fingerprint density at radius 2 is 1.78 bits per heavy atom. The second-order valence-corrected chi connectivity index (χ2v) is 6.43. The number of benzene rings is 2. The van der Waals surface area contributed by atoms with Gasteiger partial charge in [-0.1, -0.05) is 60.8 Å². The van der Waals surface area contributed by atoms with Crippen molar-refractivity contribution in [1.82, 2.24) is 5.32 Å². The van der Waals surface area contributed by atoms with Crippen molar-refractivity contribution < 1.29 is 0 Å². The smallest absolute Gasteiger partial charge is 0.0481 e. The van der Waals surface area contributed by atoms with Gasteiger partial charge in [0.2, 0.25) is 0 Å². The van der Waals surface area contributed by atoms with Gasteiger partial charge in [-0.25, -0.2) is 0 Å². The average Bonchev–Trinajstić information content (AvgIpc) is 2.56. The molecule has 0 amide bonds. The van der Waals surface area contributed by atoms with Gasteiger partial charge in [0.15, 0.2) is 0 Å². The fourth-order valence-corrected chi connectivity index (χ4v) is 3.11. The lowest BCUT2D eigenvalue weighted by Crippen LogP contribution is -2.10. The van der Waals surface area contributed by atoms with Crippen LogP contribution in [-0.4, -0.2) is 6.54 Å². The van der Waals surface area contributed by atoms with Crippen molar-refractivity contribution in [3.63, 3.8) is 0 Å². The first-order valence-corrected chi connectivity index (χ1v) is 8.66. The predicted octanol–water partition coefficient (Wildman–Crippen LogP) is 5.42. The lowest BCUT2D eigenvalue weighted by atomic mass is 10.2. The van der Waals surface area contributed by atoms with Gasteiger partial charge < -0.3 is 10.6 Å². The van der Waals surface area contributed by atoms with Crippen LogP contribution in [0.1, 0.15) is 19.4 Å². The minimum Gasteiger partial charge on any atom is -0.384 e. The highest BCUT2D eigenvalue weighted by molar-refractivity contribution is 8.03. The van der Waals surface area contributed by atoms with Crippen LogP contribution in [-0.2, 0) is 6.54 Å². The van der Waals surface area contributed by atoms with Crippen molar-refractivity contribution in [3.8, 4) is 0 Å². The lowest BCUT2D eigenvalue weighted by molar-refractivity contribution is 0.812. The van der Waals surface area contributed by atoms with Crippen molar-refractivity contribution in [3.05, 3.63) is 83.4 Å². The topological polar surface area (TPSA) is 24.1 Å². The second kappa shape index (κ2) is 9.11. The largest absolute Gasteiger partial charge is 0.384 e. The van der Waals surface area contributed by atoms with Crippen LogP contribution < -0.4 is 10.6 Å². The van der Waals surface area contributed by atoms with Gasteiger partial charge in [0.05, 0.1) is 0 Å². The highest BCUT2D eigenvalue weighted by atomic mass is 32.2. The quantitative estimate of drug-likeness (QED) is 0.501. The van der Waals surface area contributed by atoms with E-state index >= 15 is 0 Å². The summed E-state index contributed by atoms with van der Waals surface area (Å²) in [5.41, 5.74) is 3.55. The maximum absolute atomic E-state index is 4.16. The van der Waals surface area contributed by atoms with Crippen LogP contribution in [0, 0.1) is 0 Å². The van der Waals surface area contributed by atoms with Crippen molar-refractivity contribution >= 4 is 17.4 Å². The Bertz CT molecular complexity index is 662. The van der Waals surface area contributed by atoms with Crippen molar-refractivity contribution in [2.45, 2.75) is 25.3 Å². The number of rotatable bonds is 8. The summed E-state index contributed by atoms with van der Waals surface area (Å²) in [4.78, 5) is 2.22. The van der Waals surface area contributed by atoms with E-state index in [0.717, 1.165) is 29.4 Å². The van der Waals surface area contributed by atoms with E-state index in [2.05, 4.69) is 79.6 Å². The van der Waals surface area contributed by atoms with Crippen molar-refractivity contribution in [1.29, 1.82) is 0 Å². The van der Waals surface area contributed by atoms with E-state index in [1.807, 2.05) is 12.1 Å².